The quantitative estimate of drug-likeness (QED) is 0.526. The van der Waals surface area contributed by atoms with Gasteiger partial charge in [-0.25, -0.2) is 0 Å². The summed E-state index contributed by atoms with van der Waals surface area (Å²) in [6.07, 6.45) is 0. The van der Waals surface area contributed by atoms with Crippen LogP contribution >= 0.6 is 0 Å². The van der Waals surface area contributed by atoms with Crippen LogP contribution in [0.3, 0.4) is 0 Å². The molecule has 0 aromatic heterocycles. The van der Waals surface area contributed by atoms with Gasteiger partial charge in [0.1, 0.15) is 0 Å². The van der Waals surface area contributed by atoms with Crippen molar-refractivity contribution in [2.75, 3.05) is 0 Å². The van der Waals surface area contributed by atoms with Crippen molar-refractivity contribution in [2.45, 2.75) is 0 Å². The first-order valence-corrected chi connectivity index (χ1v) is 5.15. The monoisotopic (exact) mass is 188 g/mol. The zero-order valence-corrected chi connectivity index (χ0v) is 5.43. The van der Waals surface area contributed by atoms with Gasteiger partial charge in [-0.05, 0) is 0 Å². The van der Waals surface area contributed by atoms with Gasteiger partial charge in [-0.15, -0.1) is 0 Å². The number of hydrogen-bond donors (Lipinski definition) is 0. The van der Waals surface area contributed by atoms with E-state index in [1.165, 1.54) is 0 Å². The fourth-order valence-corrected chi connectivity index (χ4v) is 0. The maximum atomic E-state index is 8.64. The van der Waals surface area contributed by atoms with Crippen LogP contribution in [0.5, 0.6) is 0 Å². The van der Waals surface area contributed by atoms with E-state index in [2.05, 4.69) is 0 Å². The SMILES string of the molecule is [H+].[O]=[La](=[O])=[O]. The fourth-order valence-electron chi connectivity index (χ4n) is 0. The van der Waals surface area contributed by atoms with E-state index in [9.17, 15) is 0 Å². The predicted octanol–water partition coefficient (Wildman–Crippen LogP) is -0.244. The molecule has 0 bridgehead atoms. The third-order valence-corrected chi connectivity index (χ3v) is 0. The first-order valence-electron chi connectivity index (χ1n) is 0.707. The third-order valence-electron chi connectivity index (χ3n) is 0. The van der Waals surface area contributed by atoms with Crippen LogP contribution in [0.15, 0.2) is 0 Å². The first-order chi connectivity index (χ1) is 1.73. The molecule has 0 saturated carbocycles. The molecule has 0 aliphatic rings. The van der Waals surface area contributed by atoms with Gasteiger partial charge in [0.15, 0.2) is 0 Å². The van der Waals surface area contributed by atoms with Gasteiger partial charge in [0, 0.05) is 0 Å². The Morgan fingerprint density at radius 1 is 1.25 bits per heavy atom. The van der Waals surface area contributed by atoms with E-state index < -0.39 is 30.2 Å². The summed E-state index contributed by atoms with van der Waals surface area (Å²) in [5.74, 6) is 0. The Morgan fingerprint density at radius 3 is 1.25 bits per heavy atom. The van der Waals surface area contributed by atoms with Crippen molar-refractivity contribution in [2.24, 2.45) is 0 Å². The van der Waals surface area contributed by atoms with E-state index in [0.29, 0.717) is 0 Å². The van der Waals surface area contributed by atoms with E-state index >= 15 is 0 Å². The molecule has 0 rings (SSSR count). The van der Waals surface area contributed by atoms with Gasteiger partial charge in [0.25, 0.3) is 0 Å². The number of rotatable bonds is 0. The fraction of sp³-hybridized carbons (Fsp3) is 0. The molecule has 0 aliphatic carbocycles. The molecule has 0 atom stereocenters. The molecular formula is HLaO3+. The van der Waals surface area contributed by atoms with Gasteiger partial charge in [-0.1, -0.05) is 0 Å². The first kappa shape index (κ1) is 4.59. The van der Waals surface area contributed by atoms with Gasteiger partial charge < -0.3 is 0 Å². The average Bonchev–Trinajstić information content (AvgIpc) is 0.811. The van der Waals surface area contributed by atoms with Crippen LogP contribution in [0.25, 0.3) is 0 Å². The summed E-state index contributed by atoms with van der Waals surface area (Å²) < 4.78 is 25.9. The Morgan fingerprint density at radius 2 is 1.25 bits per heavy atom. The minimum atomic E-state index is -4.47. The van der Waals surface area contributed by atoms with Crippen molar-refractivity contribution in [3.8, 4) is 0 Å². The van der Waals surface area contributed by atoms with E-state index in [1.807, 2.05) is 0 Å². The normalized spacial score (nSPS) is 3.75. The van der Waals surface area contributed by atoms with Gasteiger partial charge in [0.2, 0.25) is 0 Å². The summed E-state index contributed by atoms with van der Waals surface area (Å²) in [5.41, 5.74) is 0. The Kier molecular flexibility index (Phi) is 2.15. The third kappa shape index (κ3) is 18.7. The van der Waals surface area contributed by atoms with Crippen LogP contribution in [-0.4, -0.2) is 0 Å². The molecule has 0 heterocycles. The van der Waals surface area contributed by atoms with E-state index in [1.54, 1.807) is 0 Å². The molecule has 0 fully saturated rings. The molecular weight excluding hydrogens is 187 g/mol. The second kappa shape index (κ2) is 1.87. The molecule has 4 heteroatoms. The summed E-state index contributed by atoms with van der Waals surface area (Å²) in [4.78, 5) is 0. The maximum absolute atomic E-state index is 8.64. The van der Waals surface area contributed by atoms with Crippen molar-refractivity contribution >= 4 is 0 Å². The predicted molar refractivity (Wildman–Crippen MR) is 3.17 cm³/mol. The molecule has 0 saturated heterocycles. The molecule has 0 amide bonds. The van der Waals surface area contributed by atoms with Crippen LogP contribution in [0, 0.1) is 30.2 Å². The zero-order chi connectivity index (χ0) is 3.58. The molecule has 0 spiro atoms. The second-order valence-electron chi connectivity index (χ2n) is 0.289. The van der Waals surface area contributed by atoms with Gasteiger partial charge in [-0.3, -0.25) is 0 Å². The molecule has 0 aliphatic heterocycles. The van der Waals surface area contributed by atoms with Crippen molar-refractivity contribution < 1.29 is 36.7 Å². The number of hydrogen-bond acceptors (Lipinski definition) is 3. The van der Waals surface area contributed by atoms with Crippen molar-refractivity contribution in [3.63, 3.8) is 0 Å². The standard InChI is InChI=1S/La.3O/p+1. The Hall–Kier alpha value is 0.595. The van der Waals surface area contributed by atoms with Crippen molar-refractivity contribution in [3.05, 3.63) is 0 Å². The average molecular weight is 188 g/mol. The molecule has 0 radical (unpaired) electrons. The van der Waals surface area contributed by atoms with Gasteiger partial charge in [0.05, 0.1) is 0 Å². The Balaban J connectivity index is 0. The summed E-state index contributed by atoms with van der Waals surface area (Å²) in [7, 11) is 0. The van der Waals surface area contributed by atoms with Crippen molar-refractivity contribution in [1.29, 1.82) is 0 Å². The minimum absolute atomic E-state index is 0. The van der Waals surface area contributed by atoms with E-state index in [0.717, 1.165) is 0 Å². The van der Waals surface area contributed by atoms with Crippen LogP contribution in [0.1, 0.15) is 1.43 Å². The van der Waals surface area contributed by atoms with E-state index in [4.69, 9.17) is 5.09 Å². The Bertz CT molecular complexity index is 76.3. The van der Waals surface area contributed by atoms with Crippen LogP contribution in [-0.2, 0) is 5.09 Å². The van der Waals surface area contributed by atoms with Crippen LogP contribution in [0.2, 0.25) is 0 Å². The van der Waals surface area contributed by atoms with Crippen LogP contribution < -0.4 is 0 Å². The molecule has 0 N–H and O–H groups in total. The molecule has 0 aromatic rings. The summed E-state index contributed by atoms with van der Waals surface area (Å²) in [5, 5.41) is 0. The summed E-state index contributed by atoms with van der Waals surface area (Å²) in [6, 6.07) is 0. The van der Waals surface area contributed by atoms with Crippen molar-refractivity contribution in [1.82, 2.24) is 0 Å². The zero-order valence-electron chi connectivity index (χ0n) is 2.80. The second-order valence-corrected chi connectivity index (χ2v) is 2.10. The summed E-state index contributed by atoms with van der Waals surface area (Å²) in [6.45, 7) is 0. The molecule has 21 valence electrons. The summed E-state index contributed by atoms with van der Waals surface area (Å²) >= 11 is -4.47. The molecule has 4 heavy (non-hydrogen) atoms. The molecule has 0 aromatic carbocycles. The van der Waals surface area contributed by atoms with Gasteiger partial charge in [-0.2, -0.15) is 0 Å². The Labute approximate surface area is 36.7 Å². The molecule has 3 nitrogen and oxygen atoms in total. The van der Waals surface area contributed by atoms with Gasteiger partial charge >= 0.3 is 36.7 Å². The van der Waals surface area contributed by atoms with Crippen LogP contribution in [0.4, 0.5) is 0 Å². The topological polar surface area (TPSA) is 51.2 Å². The van der Waals surface area contributed by atoms with E-state index in [-0.39, 0.29) is 1.43 Å². The molecule has 0 unspecified atom stereocenters.